The Bertz CT molecular complexity index is 564. The van der Waals surface area contributed by atoms with E-state index >= 15 is 0 Å². The first-order valence-electron chi connectivity index (χ1n) is 6.24. The molecule has 0 fully saturated rings. The van der Waals surface area contributed by atoms with E-state index in [1.165, 1.54) is 0 Å². The molecule has 1 unspecified atom stereocenters. The molecule has 1 aromatic carbocycles. The summed E-state index contributed by atoms with van der Waals surface area (Å²) in [4.78, 5) is 0. The predicted molar refractivity (Wildman–Crippen MR) is 79.4 cm³/mol. The maximum atomic E-state index is 5.85. The second kappa shape index (κ2) is 5.75. The van der Waals surface area contributed by atoms with Crippen molar-refractivity contribution in [3.8, 4) is 11.5 Å². The van der Waals surface area contributed by atoms with Crippen molar-refractivity contribution in [3.63, 3.8) is 0 Å². The number of nitrogens with zero attached hydrogens (tertiary/aromatic N) is 2. The Morgan fingerprint density at radius 2 is 2.05 bits per heavy atom. The number of aromatic nitrogens is 2. The molecular formula is C14H18BrN3O. The fourth-order valence-electron chi connectivity index (χ4n) is 1.67. The minimum Gasteiger partial charge on any atom is -0.453 e. The van der Waals surface area contributed by atoms with Crippen molar-refractivity contribution in [1.29, 1.82) is 0 Å². The van der Waals surface area contributed by atoms with Crippen molar-refractivity contribution in [1.82, 2.24) is 9.78 Å². The first kappa shape index (κ1) is 14.1. The summed E-state index contributed by atoms with van der Waals surface area (Å²) in [7, 11) is 0. The Hall–Kier alpha value is -1.33. The zero-order valence-electron chi connectivity index (χ0n) is 11.3. The summed E-state index contributed by atoms with van der Waals surface area (Å²) >= 11 is 3.50. The highest BCUT2D eigenvalue weighted by Crippen LogP contribution is 2.31. The highest BCUT2D eigenvalue weighted by molar-refractivity contribution is 9.10. The van der Waals surface area contributed by atoms with E-state index < -0.39 is 0 Å². The molecule has 0 saturated heterocycles. The third-order valence-corrected chi connectivity index (χ3v) is 3.44. The molecule has 0 aliphatic heterocycles. The van der Waals surface area contributed by atoms with E-state index in [0.29, 0.717) is 6.04 Å². The zero-order valence-corrected chi connectivity index (χ0v) is 12.9. The van der Waals surface area contributed by atoms with Gasteiger partial charge in [-0.3, -0.25) is 4.68 Å². The summed E-state index contributed by atoms with van der Waals surface area (Å²) in [5, 5.41) is 4.24. The average Bonchev–Trinajstić information content (AvgIpc) is 2.80. The molecule has 4 nitrogen and oxygen atoms in total. The second-order valence-electron chi connectivity index (χ2n) is 4.83. The fraction of sp³-hybridized carbons (Fsp3) is 0.357. The van der Waals surface area contributed by atoms with Gasteiger partial charge in [-0.05, 0) is 54.4 Å². The molecule has 0 aliphatic carbocycles. The molecule has 0 saturated carbocycles. The molecule has 5 heteroatoms. The van der Waals surface area contributed by atoms with Crippen LogP contribution < -0.4 is 10.5 Å². The Kier molecular flexibility index (Phi) is 4.27. The van der Waals surface area contributed by atoms with Crippen molar-refractivity contribution in [2.45, 2.75) is 32.9 Å². The summed E-state index contributed by atoms with van der Waals surface area (Å²) < 4.78 is 8.55. The Morgan fingerprint density at radius 1 is 1.32 bits per heavy atom. The summed E-state index contributed by atoms with van der Waals surface area (Å²) in [5.41, 5.74) is 6.91. The predicted octanol–water partition coefficient (Wildman–Crippen LogP) is 4.04. The van der Waals surface area contributed by atoms with E-state index in [1.807, 2.05) is 36.0 Å². The van der Waals surface area contributed by atoms with Crippen LogP contribution in [0, 0.1) is 0 Å². The molecule has 19 heavy (non-hydrogen) atoms. The van der Waals surface area contributed by atoms with Crippen LogP contribution in [0.1, 0.15) is 38.4 Å². The molecule has 1 atom stereocenters. The average molecular weight is 324 g/mol. The van der Waals surface area contributed by atoms with Gasteiger partial charge in [0.05, 0.1) is 16.9 Å². The fourth-order valence-corrected chi connectivity index (χ4v) is 2.14. The molecule has 1 heterocycles. The van der Waals surface area contributed by atoms with Gasteiger partial charge in [0.2, 0.25) is 0 Å². The largest absolute Gasteiger partial charge is 0.453 e. The van der Waals surface area contributed by atoms with Crippen LogP contribution >= 0.6 is 15.9 Å². The Morgan fingerprint density at radius 3 is 2.58 bits per heavy atom. The molecule has 1 aromatic heterocycles. The van der Waals surface area contributed by atoms with Gasteiger partial charge in [-0.15, -0.1) is 0 Å². The van der Waals surface area contributed by atoms with Gasteiger partial charge in [-0.1, -0.05) is 6.07 Å². The number of hydrogen-bond donors (Lipinski definition) is 1. The maximum Gasteiger partial charge on any atom is 0.165 e. The number of hydrogen-bond acceptors (Lipinski definition) is 3. The molecule has 0 aliphatic rings. The van der Waals surface area contributed by atoms with Crippen LogP contribution in [-0.2, 0) is 0 Å². The molecule has 2 N–H and O–H groups in total. The summed E-state index contributed by atoms with van der Waals surface area (Å²) in [6.07, 6.45) is 3.60. The minimum atomic E-state index is 0.00837. The quantitative estimate of drug-likeness (QED) is 0.923. The second-order valence-corrected chi connectivity index (χ2v) is 5.68. The van der Waals surface area contributed by atoms with Gasteiger partial charge < -0.3 is 10.5 Å². The number of rotatable bonds is 4. The van der Waals surface area contributed by atoms with Gasteiger partial charge in [0.1, 0.15) is 5.75 Å². The van der Waals surface area contributed by atoms with E-state index in [1.54, 1.807) is 6.20 Å². The van der Waals surface area contributed by atoms with Crippen LogP contribution in [0.4, 0.5) is 0 Å². The van der Waals surface area contributed by atoms with E-state index in [-0.39, 0.29) is 6.04 Å². The molecule has 2 rings (SSSR count). The third-order valence-electron chi connectivity index (χ3n) is 2.82. The van der Waals surface area contributed by atoms with Crippen LogP contribution in [-0.4, -0.2) is 9.78 Å². The summed E-state index contributed by atoms with van der Waals surface area (Å²) in [6, 6.07) is 6.19. The Labute approximate surface area is 121 Å². The highest BCUT2D eigenvalue weighted by atomic mass is 79.9. The van der Waals surface area contributed by atoms with Crippen molar-refractivity contribution in [2.75, 3.05) is 0 Å². The maximum absolute atomic E-state index is 5.85. The van der Waals surface area contributed by atoms with Crippen molar-refractivity contribution in [2.24, 2.45) is 5.73 Å². The van der Waals surface area contributed by atoms with Crippen LogP contribution in [0.2, 0.25) is 0 Å². The molecule has 102 valence electrons. The van der Waals surface area contributed by atoms with Gasteiger partial charge in [0.25, 0.3) is 0 Å². The van der Waals surface area contributed by atoms with E-state index in [4.69, 9.17) is 10.5 Å². The lowest BCUT2D eigenvalue weighted by Crippen LogP contribution is -2.04. The number of nitrogens with two attached hydrogens (primary N) is 1. The molecule has 0 spiro atoms. The van der Waals surface area contributed by atoms with Gasteiger partial charge in [-0.25, -0.2) is 0 Å². The standard InChI is InChI=1S/C14H18BrN3O/c1-9(2)18-8-12(7-17-18)19-14-5-4-11(10(3)16)6-13(14)15/h4-10H,16H2,1-3H3. The third kappa shape index (κ3) is 3.36. The zero-order chi connectivity index (χ0) is 14.0. The van der Waals surface area contributed by atoms with Gasteiger partial charge in [-0.2, -0.15) is 5.10 Å². The normalized spacial score (nSPS) is 12.7. The summed E-state index contributed by atoms with van der Waals surface area (Å²) in [5.74, 6) is 1.48. The van der Waals surface area contributed by atoms with Crippen molar-refractivity contribution >= 4 is 15.9 Å². The molecule has 0 amide bonds. The van der Waals surface area contributed by atoms with Crippen LogP contribution in [0.25, 0.3) is 0 Å². The lowest BCUT2D eigenvalue weighted by molar-refractivity contribution is 0.474. The minimum absolute atomic E-state index is 0.00837. The number of halogens is 1. The summed E-state index contributed by atoms with van der Waals surface area (Å²) in [6.45, 7) is 6.10. The molecule has 0 radical (unpaired) electrons. The van der Waals surface area contributed by atoms with Gasteiger partial charge >= 0.3 is 0 Å². The van der Waals surface area contributed by atoms with Crippen LogP contribution in [0.15, 0.2) is 35.1 Å². The van der Waals surface area contributed by atoms with E-state index in [9.17, 15) is 0 Å². The van der Waals surface area contributed by atoms with Crippen molar-refractivity contribution in [3.05, 3.63) is 40.6 Å². The smallest absolute Gasteiger partial charge is 0.165 e. The first-order valence-corrected chi connectivity index (χ1v) is 7.03. The topological polar surface area (TPSA) is 53.1 Å². The Balaban J connectivity index is 2.18. The van der Waals surface area contributed by atoms with Crippen LogP contribution in [0.3, 0.4) is 0 Å². The number of benzene rings is 1. The number of ether oxygens (including phenoxy) is 1. The highest BCUT2D eigenvalue weighted by Gasteiger charge is 2.08. The lowest BCUT2D eigenvalue weighted by atomic mass is 10.1. The van der Waals surface area contributed by atoms with Gasteiger partial charge in [0, 0.05) is 12.1 Å². The SMILES string of the molecule is CC(N)c1ccc(Oc2cnn(C(C)C)c2)c(Br)c1. The first-order chi connectivity index (χ1) is 8.97. The van der Waals surface area contributed by atoms with Crippen LogP contribution in [0.5, 0.6) is 11.5 Å². The van der Waals surface area contributed by atoms with E-state index in [0.717, 1.165) is 21.5 Å². The monoisotopic (exact) mass is 323 g/mol. The molecule has 0 bridgehead atoms. The molecule has 2 aromatic rings. The molecular weight excluding hydrogens is 306 g/mol. The lowest BCUT2D eigenvalue weighted by Gasteiger charge is -2.10. The van der Waals surface area contributed by atoms with Gasteiger partial charge in [0.15, 0.2) is 5.75 Å². The van der Waals surface area contributed by atoms with Crippen molar-refractivity contribution < 1.29 is 4.74 Å². The van der Waals surface area contributed by atoms with E-state index in [2.05, 4.69) is 34.9 Å².